The van der Waals surface area contributed by atoms with E-state index >= 15 is 0 Å². The van der Waals surface area contributed by atoms with Gasteiger partial charge in [0.05, 0.1) is 10.7 Å². The Morgan fingerprint density at radius 2 is 2.06 bits per heavy atom. The molecule has 0 N–H and O–H groups in total. The number of rotatable bonds is 6. The van der Waals surface area contributed by atoms with Gasteiger partial charge in [0.1, 0.15) is 0 Å². The molecule has 5 heteroatoms. The van der Waals surface area contributed by atoms with E-state index in [4.69, 9.17) is 4.42 Å². The molecular formula is C12H19BrN2O2. The summed E-state index contributed by atoms with van der Waals surface area (Å²) in [6.07, 6.45) is 2.46. The number of furan rings is 1. The predicted octanol–water partition coefficient (Wildman–Crippen LogP) is 2.46. The van der Waals surface area contributed by atoms with E-state index in [0.717, 1.165) is 19.5 Å². The van der Waals surface area contributed by atoms with E-state index in [2.05, 4.69) is 27.8 Å². The molecule has 17 heavy (non-hydrogen) atoms. The van der Waals surface area contributed by atoms with Crippen LogP contribution in [0.5, 0.6) is 0 Å². The molecule has 0 atom stereocenters. The van der Waals surface area contributed by atoms with Crippen LogP contribution in [0.1, 0.15) is 23.9 Å². The Morgan fingerprint density at radius 3 is 2.53 bits per heavy atom. The van der Waals surface area contributed by atoms with Gasteiger partial charge in [-0.1, -0.05) is 6.92 Å². The Bertz CT molecular complexity index is 363. The molecular weight excluding hydrogens is 284 g/mol. The molecule has 0 aliphatic heterocycles. The Kier molecular flexibility index (Phi) is 5.71. The van der Waals surface area contributed by atoms with Crippen molar-refractivity contribution in [3.8, 4) is 0 Å². The van der Waals surface area contributed by atoms with E-state index in [0.29, 0.717) is 16.8 Å². The van der Waals surface area contributed by atoms with Gasteiger partial charge in [-0.25, -0.2) is 0 Å². The van der Waals surface area contributed by atoms with E-state index in [9.17, 15) is 4.79 Å². The second kappa shape index (κ2) is 6.81. The molecule has 0 saturated carbocycles. The first-order valence-electron chi connectivity index (χ1n) is 5.73. The molecule has 1 aromatic rings. The quantitative estimate of drug-likeness (QED) is 0.810. The highest BCUT2D eigenvalue weighted by Crippen LogP contribution is 2.19. The number of nitrogens with zero attached hydrogens (tertiary/aromatic N) is 2. The van der Waals surface area contributed by atoms with Crippen molar-refractivity contribution in [1.29, 1.82) is 0 Å². The maximum absolute atomic E-state index is 12.2. The fourth-order valence-electron chi connectivity index (χ4n) is 1.50. The van der Waals surface area contributed by atoms with Gasteiger partial charge < -0.3 is 14.2 Å². The van der Waals surface area contributed by atoms with Crippen LogP contribution < -0.4 is 0 Å². The van der Waals surface area contributed by atoms with Crippen molar-refractivity contribution in [2.45, 2.75) is 13.3 Å². The molecule has 96 valence electrons. The number of carbonyl (C=O) groups is 1. The number of likely N-dealkylation sites (N-methyl/N-ethyl adjacent to an activating group) is 1. The minimum atomic E-state index is -0.0504. The lowest BCUT2D eigenvalue weighted by molar-refractivity contribution is 0.0711. The van der Waals surface area contributed by atoms with Gasteiger partial charge in [-0.2, -0.15) is 0 Å². The first kappa shape index (κ1) is 14.3. The predicted molar refractivity (Wildman–Crippen MR) is 71.2 cm³/mol. The Hall–Kier alpha value is -0.810. The first-order valence-corrected chi connectivity index (χ1v) is 6.52. The van der Waals surface area contributed by atoms with Crippen molar-refractivity contribution in [3.63, 3.8) is 0 Å². The standard InChI is InChI=1S/C12H19BrN2O2/c1-4-6-15(8-7-14(2)3)12(16)11-10(13)5-9-17-11/h5,9H,4,6-8H2,1-3H3. The molecule has 0 aliphatic rings. The minimum Gasteiger partial charge on any atom is -0.458 e. The van der Waals surface area contributed by atoms with Crippen LogP contribution in [-0.4, -0.2) is 49.4 Å². The third-order valence-electron chi connectivity index (χ3n) is 2.41. The molecule has 0 fully saturated rings. The van der Waals surface area contributed by atoms with Crippen molar-refractivity contribution in [2.24, 2.45) is 0 Å². The van der Waals surface area contributed by atoms with E-state index in [1.54, 1.807) is 6.07 Å². The number of hydrogen-bond acceptors (Lipinski definition) is 3. The van der Waals surface area contributed by atoms with Gasteiger partial charge in [0.15, 0.2) is 0 Å². The monoisotopic (exact) mass is 302 g/mol. The maximum Gasteiger partial charge on any atom is 0.290 e. The van der Waals surface area contributed by atoms with Crippen molar-refractivity contribution >= 4 is 21.8 Å². The second-order valence-corrected chi connectivity index (χ2v) is 5.05. The molecule has 0 radical (unpaired) electrons. The minimum absolute atomic E-state index is 0.0504. The lowest BCUT2D eigenvalue weighted by Gasteiger charge is -2.23. The molecule has 1 heterocycles. The fourth-order valence-corrected chi connectivity index (χ4v) is 1.87. The number of amides is 1. The lowest BCUT2D eigenvalue weighted by atomic mass is 10.3. The summed E-state index contributed by atoms with van der Waals surface area (Å²) in [5.74, 6) is 0.336. The van der Waals surface area contributed by atoms with Gasteiger partial charge in [0.2, 0.25) is 5.76 Å². The maximum atomic E-state index is 12.2. The summed E-state index contributed by atoms with van der Waals surface area (Å²) < 4.78 is 5.92. The van der Waals surface area contributed by atoms with Crippen LogP contribution in [0.4, 0.5) is 0 Å². The summed E-state index contributed by atoms with van der Waals surface area (Å²) in [7, 11) is 3.99. The summed E-state index contributed by atoms with van der Waals surface area (Å²) >= 11 is 3.31. The van der Waals surface area contributed by atoms with E-state index in [1.807, 2.05) is 19.0 Å². The number of carbonyl (C=O) groups excluding carboxylic acids is 1. The highest BCUT2D eigenvalue weighted by atomic mass is 79.9. The lowest BCUT2D eigenvalue weighted by Crippen LogP contribution is -2.37. The zero-order valence-corrected chi connectivity index (χ0v) is 12.2. The molecule has 0 aromatic carbocycles. The van der Waals surface area contributed by atoms with Crippen molar-refractivity contribution in [1.82, 2.24) is 9.80 Å². The molecule has 0 bridgehead atoms. The van der Waals surface area contributed by atoms with Crippen LogP contribution in [0, 0.1) is 0 Å². The van der Waals surface area contributed by atoms with Crippen molar-refractivity contribution in [3.05, 3.63) is 22.6 Å². The highest BCUT2D eigenvalue weighted by molar-refractivity contribution is 9.10. The summed E-state index contributed by atoms with van der Waals surface area (Å²) in [5, 5.41) is 0. The van der Waals surface area contributed by atoms with Gasteiger partial charge >= 0.3 is 0 Å². The Balaban J connectivity index is 2.70. The average Bonchev–Trinajstić information content (AvgIpc) is 2.69. The van der Waals surface area contributed by atoms with Gasteiger partial charge in [0, 0.05) is 19.6 Å². The SMILES string of the molecule is CCCN(CCN(C)C)C(=O)c1occc1Br. The number of hydrogen-bond donors (Lipinski definition) is 0. The zero-order chi connectivity index (χ0) is 12.8. The van der Waals surface area contributed by atoms with Crippen LogP contribution in [0.2, 0.25) is 0 Å². The molecule has 0 spiro atoms. The zero-order valence-electron chi connectivity index (χ0n) is 10.6. The van der Waals surface area contributed by atoms with Gasteiger partial charge in [-0.3, -0.25) is 4.79 Å². The van der Waals surface area contributed by atoms with E-state index < -0.39 is 0 Å². The van der Waals surface area contributed by atoms with Gasteiger partial charge in [0.25, 0.3) is 5.91 Å². The molecule has 1 amide bonds. The molecule has 4 nitrogen and oxygen atoms in total. The topological polar surface area (TPSA) is 36.7 Å². The molecule has 1 aromatic heterocycles. The smallest absolute Gasteiger partial charge is 0.290 e. The summed E-state index contributed by atoms with van der Waals surface area (Å²) in [5.41, 5.74) is 0. The third kappa shape index (κ3) is 4.16. The molecule has 1 rings (SSSR count). The molecule has 0 saturated heterocycles. The summed E-state index contributed by atoms with van der Waals surface area (Å²) in [6, 6.07) is 1.74. The molecule has 0 aliphatic carbocycles. The highest BCUT2D eigenvalue weighted by Gasteiger charge is 2.20. The Labute approximate surface area is 111 Å². The van der Waals surface area contributed by atoms with Crippen LogP contribution in [-0.2, 0) is 0 Å². The summed E-state index contributed by atoms with van der Waals surface area (Å²) in [6.45, 7) is 4.38. The van der Waals surface area contributed by atoms with Crippen molar-refractivity contribution in [2.75, 3.05) is 33.7 Å². The number of halogens is 1. The van der Waals surface area contributed by atoms with Gasteiger partial charge in [-0.15, -0.1) is 0 Å². The van der Waals surface area contributed by atoms with E-state index in [-0.39, 0.29) is 5.91 Å². The Morgan fingerprint density at radius 1 is 1.35 bits per heavy atom. The largest absolute Gasteiger partial charge is 0.458 e. The van der Waals surface area contributed by atoms with Crippen LogP contribution in [0.25, 0.3) is 0 Å². The third-order valence-corrected chi connectivity index (χ3v) is 3.03. The summed E-state index contributed by atoms with van der Waals surface area (Å²) in [4.78, 5) is 16.1. The average molecular weight is 303 g/mol. The fraction of sp³-hybridized carbons (Fsp3) is 0.583. The van der Waals surface area contributed by atoms with Crippen molar-refractivity contribution < 1.29 is 9.21 Å². The van der Waals surface area contributed by atoms with Gasteiger partial charge in [-0.05, 0) is 42.5 Å². The van der Waals surface area contributed by atoms with E-state index in [1.165, 1.54) is 6.26 Å². The van der Waals surface area contributed by atoms with Crippen LogP contribution >= 0.6 is 15.9 Å². The van der Waals surface area contributed by atoms with Crippen LogP contribution in [0.3, 0.4) is 0 Å². The normalized spacial score (nSPS) is 10.9. The first-order chi connectivity index (χ1) is 8.06. The molecule has 0 unspecified atom stereocenters. The second-order valence-electron chi connectivity index (χ2n) is 4.19. The van der Waals surface area contributed by atoms with Crippen LogP contribution in [0.15, 0.2) is 21.2 Å².